The van der Waals surface area contributed by atoms with Gasteiger partial charge in [-0.1, -0.05) is 72.3 Å². The number of rotatable bonds is 3. The molecule has 1 atom stereocenters. The number of allylic oxidation sites excluding steroid dienone is 2. The number of fused-ring (bicyclic) bond motifs is 3. The van der Waals surface area contributed by atoms with E-state index in [1.54, 1.807) is 11.8 Å². The summed E-state index contributed by atoms with van der Waals surface area (Å²) in [4.78, 5) is 9.34. The maximum Gasteiger partial charge on any atom is 0.120 e. The molecule has 0 spiro atoms. The van der Waals surface area contributed by atoms with Gasteiger partial charge in [0, 0.05) is 43.3 Å². The fourth-order valence-corrected chi connectivity index (χ4v) is 6.91. The van der Waals surface area contributed by atoms with Gasteiger partial charge in [0.15, 0.2) is 0 Å². The Morgan fingerprint density at radius 3 is 2.48 bits per heavy atom. The summed E-state index contributed by atoms with van der Waals surface area (Å²) < 4.78 is 8.36. The van der Waals surface area contributed by atoms with Crippen molar-refractivity contribution in [1.82, 2.24) is 14.5 Å². The molecule has 2 aliphatic rings. The summed E-state index contributed by atoms with van der Waals surface area (Å²) in [6.07, 6.45) is 9.67. The molecule has 5 heteroatoms. The van der Waals surface area contributed by atoms with Gasteiger partial charge in [0.05, 0.1) is 22.4 Å². The van der Waals surface area contributed by atoms with Crippen LogP contribution >= 0.6 is 0 Å². The minimum atomic E-state index is 0. The molecule has 4 heterocycles. The van der Waals surface area contributed by atoms with Crippen LogP contribution in [0.25, 0.3) is 61.2 Å². The molecule has 1 aliphatic carbocycles. The van der Waals surface area contributed by atoms with Gasteiger partial charge in [-0.05, 0) is 55.1 Å². The molecule has 1 aliphatic heterocycles. The minimum absolute atomic E-state index is 0. The molecule has 1 radical (unpaired) electrons. The van der Waals surface area contributed by atoms with Crippen molar-refractivity contribution in [2.45, 2.75) is 38.6 Å². The summed E-state index contributed by atoms with van der Waals surface area (Å²) in [7, 11) is 0. The Hall–Kier alpha value is -4.31. The molecule has 44 heavy (non-hydrogen) atoms. The third-order valence-corrected chi connectivity index (χ3v) is 8.85. The molecule has 0 amide bonds. The van der Waals surface area contributed by atoms with E-state index in [2.05, 4.69) is 71.1 Å². The average Bonchev–Trinajstić information content (AvgIpc) is 3.82. The van der Waals surface area contributed by atoms with Gasteiger partial charge in [0.2, 0.25) is 0 Å². The van der Waals surface area contributed by atoms with Crippen molar-refractivity contribution in [1.29, 1.82) is 0 Å². The number of nitrogens with zero attached hydrogens (tertiary/aromatic N) is 3. The van der Waals surface area contributed by atoms with Crippen molar-refractivity contribution < 1.29 is 24.5 Å². The Kier molecular flexibility index (Phi) is 7.76. The molecule has 0 bridgehead atoms. The number of pyridine rings is 1. The quantitative estimate of drug-likeness (QED) is 0.169. The Morgan fingerprint density at radius 2 is 1.66 bits per heavy atom. The summed E-state index contributed by atoms with van der Waals surface area (Å²) in [5, 5.41) is 2.23. The van der Waals surface area contributed by atoms with E-state index >= 15 is 0 Å². The monoisotopic (exact) mass is 750 g/mol. The van der Waals surface area contributed by atoms with Crippen molar-refractivity contribution in [2.75, 3.05) is 0 Å². The molecule has 1 fully saturated rings. The Bertz CT molecular complexity index is 2100. The molecule has 9 rings (SSSR count). The minimum Gasteiger partial charge on any atom is -0.501 e. The molecule has 1 unspecified atom stereocenters. The number of furan rings is 1. The van der Waals surface area contributed by atoms with Crippen LogP contribution in [0.2, 0.25) is 0 Å². The number of benzene rings is 4. The van der Waals surface area contributed by atoms with E-state index in [-0.39, 0.29) is 20.1 Å². The van der Waals surface area contributed by atoms with E-state index in [9.17, 15) is 0 Å². The largest absolute Gasteiger partial charge is 0.501 e. The normalized spacial score (nSPS) is 16.0. The number of hydrogen-bond acceptors (Lipinski definition) is 3. The molecule has 3 aromatic heterocycles. The number of aromatic nitrogens is 3. The molecule has 0 N–H and O–H groups in total. The predicted molar refractivity (Wildman–Crippen MR) is 174 cm³/mol. The van der Waals surface area contributed by atoms with Crippen molar-refractivity contribution in [3.8, 4) is 22.6 Å². The number of hydrogen-bond donors (Lipinski definition) is 0. The van der Waals surface area contributed by atoms with Crippen LogP contribution in [0.5, 0.6) is 0 Å². The third-order valence-electron chi connectivity index (χ3n) is 8.85. The predicted octanol–water partition coefficient (Wildman–Crippen LogP) is 10.1. The second-order valence-corrected chi connectivity index (χ2v) is 11.5. The molecule has 4 nitrogen and oxygen atoms in total. The zero-order valence-corrected chi connectivity index (χ0v) is 26.9. The van der Waals surface area contributed by atoms with Crippen LogP contribution in [0.15, 0.2) is 114 Å². The molecule has 7 aromatic rings. The SMILES string of the molecule is CC1C=C(C2CCCC2)c2cccc3nc(-c4[c-]cccc4)n1c23.[Ir].[c-]1ccc2c(oc3ccccc32)c1-c1ccccn1. The van der Waals surface area contributed by atoms with Gasteiger partial charge in [-0.15, -0.1) is 54.1 Å². The maximum atomic E-state index is 5.97. The average molecular weight is 750 g/mol. The van der Waals surface area contributed by atoms with Crippen LogP contribution < -0.4 is 0 Å². The molecular formula is C39H31IrN3O-2. The second-order valence-electron chi connectivity index (χ2n) is 11.5. The van der Waals surface area contributed by atoms with E-state index in [1.165, 1.54) is 36.8 Å². The summed E-state index contributed by atoms with van der Waals surface area (Å²) in [5.41, 5.74) is 9.98. The van der Waals surface area contributed by atoms with E-state index < -0.39 is 0 Å². The summed E-state index contributed by atoms with van der Waals surface area (Å²) in [5.74, 6) is 1.76. The van der Waals surface area contributed by atoms with Gasteiger partial charge in [-0.25, -0.2) is 0 Å². The first-order valence-electron chi connectivity index (χ1n) is 15.2. The summed E-state index contributed by atoms with van der Waals surface area (Å²) in [6, 6.07) is 39.5. The van der Waals surface area contributed by atoms with E-state index in [0.29, 0.717) is 6.04 Å². The number of para-hydroxylation sites is 2. The van der Waals surface area contributed by atoms with Crippen molar-refractivity contribution in [3.63, 3.8) is 0 Å². The molecular weight excluding hydrogens is 719 g/mol. The van der Waals surface area contributed by atoms with Crippen LogP contribution in [-0.4, -0.2) is 14.5 Å². The van der Waals surface area contributed by atoms with Crippen LogP contribution in [0, 0.1) is 18.1 Å². The molecule has 4 aromatic carbocycles. The summed E-state index contributed by atoms with van der Waals surface area (Å²) in [6.45, 7) is 2.29. The van der Waals surface area contributed by atoms with Gasteiger partial charge in [-0.3, -0.25) is 4.98 Å². The fraction of sp³-hybridized carbons (Fsp3) is 0.179. The first-order valence-corrected chi connectivity index (χ1v) is 15.2. The van der Waals surface area contributed by atoms with E-state index in [1.807, 2.05) is 60.7 Å². The molecule has 219 valence electrons. The Morgan fingerprint density at radius 1 is 0.818 bits per heavy atom. The van der Waals surface area contributed by atoms with Gasteiger partial charge >= 0.3 is 0 Å². The molecule has 1 saturated carbocycles. The Balaban J connectivity index is 0.000000142. The fourth-order valence-electron chi connectivity index (χ4n) is 6.91. The van der Waals surface area contributed by atoms with Crippen molar-refractivity contribution in [3.05, 3.63) is 127 Å². The van der Waals surface area contributed by atoms with Gasteiger partial charge < -0.3 is 14.0 Å². The topological polar surface area (TPSA) is 43.9 Å². The zero-order chi connectivity index (χ0) is 28.8. The van der Waals surface area contributed by atoms with E-state index in [4.69, 9.17) is 9.40 Å². The van der Waals surface area contributed by atoms with Crippen LogP contribution in [0.1, 0.15) is 44.2 Å². The first-order chi connectivity index (χ1) is 21.3. The zero-order valence-electron chi connectivity index (χ0n) is 24.5. The van der Waals surface area contributed by atoms with Gasteiger partial charge in [-0.2, -0.15) is 0 Å². The van der Waals surface area contributed by atoms with E-state index in [0.717, 1.165) is 56.0 Å². The smallest absolute Gasteiger partial charge is 0.120 e. The van der Waals surface area contributed by atoms with Gasteiger partial charge in [0.1, 0.15) is 5.58 Å². The number of imidazole rings is 1. The maximum absolute atomic E-state index is 5.97. The van der Waals surface area contributed by atoms with Crippen molar-refractivity contribution >= 4 is 38.5 Å². The van der Waals surface area contributed by atoms with Crippen LogP contribution in [-0.2, 0) is 20.1 Å². The standard InChI is InChI=1S/C22H21N2.C17H10NO.Ir/c1-15-14-19(16-8-5-6-9-16)18-12-7-13-20-21(18)24(15)22(23-20)17-10-3-2-4-11-17;1-2-10-16-12(6-1)13-7-5-8-14(17(13)19-16)15-9-3-4-11-18-15;/h2-4,7,10,12-16H,5-6,8-9H2,1H3;1-7,9-11H;/q2*-1;. The van der Waals surface area contributed by atoms with Gasteiger partial charge in [0.25, 0.3) is 0 Å². The van der Waals surface area contributed by atoms with Crippen LogP contribution in [0.3, 0.4) is 0 Å². The van der Waals surface area contributed by atoms with Crippen LogP contribution in [0.4, 0.5) is 0 Å². The first kappa shape index (κ1) is 28.5. The molecule has 0 saturated heterocycles. The third kappa shape index (κ3) is 4.91. The second kappa shape index (κ2) is 12.0. The van der Waals surface area contributed by atoms with Crippen molar-refractivity contribution in [2.24, 2.45) is 5.92 Å². The Labute approximate surface area is 270 Å². The summed E-state index contributed by atoms with van der Waals surface area (Å²) >= 11 is 0.